The molecule has 0 aliphatic rings. The van der Waals surface area contributed by atoms with Gasteiger partial charge in [-0.2, -0.15) is 26.3 Å². The zero-order chi connectivity index (χ0) is 12.7. The van der Waals surface area contributed by atoms with Crippen LogP contribution in [0.2, 0.25) is 0 Å². The molecule has 0 unspecified atom stereocenters. The first-order chi connectivity index (χ1) is 7.03. The van der Waals surface area contributed by atoms with Crippen LogP contribution in [0.15, 0.2) is 12.1 Å². The summed E-state index contributed by atoms with van der Waals surface area (Å²) in [6, 6.07) is 0.717. The van der Waals surface area contributed by atoms with Gasteiger partial charge in [0.25, 0.3) is 0 Å². The Labute approximate surface area is 86.9 Å². The highest BCUT2D eigenvalue weighted by molar-refractivity contribution is 5.55. The highest BCUT2D eigenvalue weighted by Gasteiger charge is 2.38. The lowest BCUT2D eigenvalue weighted by molar-refractivity contribution is -0.141. The molecule has 7 heteroatoms. The first-order valence-electron chi connectivity index (χ1n) is 4.08. The second-order valence-corrected chi connectivity index (χ2v) is 3.25. The van der Waals surface area contributed by atoms with E-state index < -0.39 is 34.7 Å². The van der Waals surface area contributed by atoms with Crippen LogP contribution in [0.25, 0.3) is 0 Å². The van der Waals surface area contributed by atoms with Gasteiger partial charge in [0.1, 0.15) is 0 Å². The fourth-order valence-corrected chi connectivity index (χ4v) is 1.37. The van der Waals surface area contributed by atoms with Crippen LogP contribution < -0.4 is 5.73 Å². The number of benzene rings is 1. The fourth-order valence-electron chi connectivity index (χ4n) is 1.37. The zero-order valence-electron chi connectivity index (χ0n) is 8.00. The average Bonchev–Trinajstić information content (AvgIpc) is 1.97. The van der Waals surface area contributed by atoms with Gasteiger partial charge in [-0.15, -0.1) is 0 Å². The Morgan fingerprint density at radius 2 is 1.44 bits per heavy atom. The Hall–Kier alpha value is -1.40. The Bertz CT molecular complexity index is 380. The van der Waals surface area contributed by atoms with Crippen molar-refractivity contribution in [2.75, 3.05) is 5.73 Å². The van der Waals surface area contributed by atoms with Crippen LogP contribution in [0, 0.1) is 6.92 Å². The number of alkyl halides is 6. The van der Waals surface area contributed by atoms with Crippen molar-refractivity contribution in [1.29, 1.82) is 0 Å². The number of nitrogen functional groups attached to an aromatic ring is 1. The smallest absolute Gasteiger partial charge is 0.398 e. The van der Waals surface area contributed by atoms with Gasteiger partial charge in [-0.05, 0) is 24.6 Å². The minimum Gasteiger partial charge on any atom is -0.398 e. The topological polar surface area (TPSA) is 26.0 Å². The first kappa shape index (κ1) is 12.7. The van der Waals surface area contributed by atoms with Gasteiger partial charge in [0.15, 0.2) is 0 Å². The van der Waals surface area contributed by atoms with Crippen LogP contribution in [0.1, 0.15) is 16.7 Å². The summed E-state index contributed by atoms with van der Waals surface area (Å²) < 4.78 is 73.8. The van der Waals surface area contributed by atoms with E-state index >= 15 is 0 Å². The normalized spacial score (nSPS) is 12.9. The molecule has 0 atom stereocenters. The van der Waals surface area contributed by atoms with Crippen molar-refractivity contribution in [3.05, 3.63) is 28.8 Å². The van der Waals surface area contributed by atoms with E-state index in [1.165, 1.54) is 0 Å². The Kier molecular flexibility index (Phi) is 2.82. The summed E-state index contributed by atoms with van der Waals surface area (Å²) in [6.07, 6.45) is -9.46. The summed E-state index contributed by atoms with van der Waals surface area (Å²) in [6.45, 7) is 0.939. The largest absolute Gasteiger partial charge is 0.418 e. The fraction of sp³-hybridized carbons (Fsp3) is 0.333. The Balaban J connectivity index is 3.41. The van der Waals surface area contributed by atoms with E-state index in [0.29, 0.717) is 6.07 Å². The van der Waals surface area contributed by atoms with Gasteiger partial charge in [-0.25, -0.2) is 0 Å². The van der Waals surface area contributed by atoms with Gasteiger partial charge >= 0.3 is 12.4 Å². The standard InChI is InChI=1S/C9H7F6N/c1-4-2-5(8(10,11)12)3-6(16)7(4)9(13,14)15/h2-3H,16H2,1H3. The number of nitrogens with two attached hydrogens (primary N) is 1. The van der Waals surface area contributed by atoms with Gasteiger partial charge < -0.3 is 5.73 Å². The molecule has 2 N–H and O–H groups in total. The third-order valence-corrected chi connectivity index (χ3v) is 1.98. The van der Waals surface area contributed by atoms with Crippen molar-refractivity contribution < 1.29 is 26.3 Å². The third-order valence-electron chi connectivity index (χ3n) is 1.98. The number of anilines is 1. The Morgan fingerprint density at radius 3 is 1.75 bits per heavy atom. The molecular formula is C9H7F6N. The molecule has 0 saturated carbocycles. The minimum atomic E-state index is -4.75. The molecule has 0 heterocycles. The van der Waals surface area contributed by atoms with Gasteiger partial charge in [0.05, 0.1) is 11.1 Å². The lowest BCUT2D eigenvalue weighted by atomic mass is 10.0. The molecular weight excluding hydrogens is 236 g/mol. The molecule has 1 aromatic rings. The minimum absolute atomic E-state index is 0.288. The van der Waals surface area contributed by atoms with E-state index in [0.717, 1.165) is 6.92 Å². The number of hydrogen-bond donors (Lipinski definition) is 1. The number of halogens is 6. The van der Waals surface area contributed by atoms with E-state index in [1.54, 1.807) is 0 Å². The maximum Gasteiger partial charge on any atom is 0.418 e. The summed E-state index contributed by atoms with van der Waals surface area (Å²) in [5.41, 5.74) is 1.12. The zero-order valence-corrected chi connectivity index (χ0v) is 8.00. The quantitative estimate of drug-likeness (QED) is 0.546. The molecule has 16 heavy (non-hydrogen) atoms. The lowest BCUT2D eigenvalue weighted by Gasteiger charge is -2.16. The van der Waals surface area contributed by atoms with Gasteiger partial charge in [-0.3, -0.25) is 0 Å². The number of hydrogen-bond acceptors (Lipinski definition) is 1. The van der Waals surface area contributed by atoms with E-state index in [1.807, 2.05) is 0 Å². The predicted molar refractivity (Wildman–Crippen MR) is 45.6 cm³/mol. The predicted octanol–water partition coefficient (Wildman–Crippen LogP) is 3.61. The van der Waals surface area contributed by atoms with E-state index in [4.69, 9.17) is 5.73 Å². The molecule has 0 bridgehead atoms. The second kappa shape index (κ2) is 3.57. The average molecular weight is 243 g/mol. The summed E-state index contributed by atoms with van der Waals surface area (Å²) in [4.78, 5) is 0. The van der Waals surface area contributed by atoms with E-state index in [2.05, 4.69) is 0 Å². The molecule has 0 saturated heterocycles. The van der Waals surface area contributed by atoms with Crippen LogP contribution in [-0.4, -0.2) is 0 Å². The molecule has 0 aromatic heterocycles. The Morgan fingerprint density at radius 1 is 0.938 bits per heavy atom. The molecule has 1 aromatic carbocycles. The van der Waals surface area contributed by atoms with Crippen LogP contribution >= 0.6 is 0 Å². The SMILES string of the molecule is Cc1cc(C(F)(F)F)cc(N)c1C(F)(F)F. The summed E-state index contributed by atoms with van der Waals surface area (Å²) in [5.74, 6) is 0. The highest BCUT2D eigenvalue weighted by atomic mass is 19.4. The molecule has 0 aliphatic carbocycles. The van der Waals surface area contributed by atoms with E-state index in [9.17, 15) is 26.3 Å². The van der Waals surface area contributed by atoms with Crippen molar-refractivity contribution in [2.24, 2.45) is 0 Å². The second-order valence-electron chi connectivity index (χ2n) is 3.25. The molecule has 0 radical (unpaired) electrons. The van der Waals surface area contributed by atoms with Gasteiger partial charge in [-0.1, -0.05) is 0 Å². The van der Waals surface area contributed by atoms with Crippen molar-refractivity contribution in [3.63, 3.8) is 0 Å². The summed E-state index contributed by atoms with van der Waals surface area (Å²) in [5, 5.41) is 0. The molecule has 0 fully saturated rings. The highest BCUT2D eigenvalue weighted by Crippen LogP contribution is 2.39. The molecule has 1 rings (SSSR count). The monoisotopic (exact) mass is 243 g/mol. The van der Waals surface area contributed by atoms with Crippen molar-refractivity contribution in [1.82, 2.24) is 0 Å². The van der Waals surface area contributed by atoms with Gasteiger partial charge in [0, 0.05) is 5.69 Å². The lowest BCUT2D eigenvalue weighted by Crippen LogP contribution is -2.14. The van der Waals surface area contributed by atoms with Gasteiger partial charge in [0.2, 0.25) is 0 Å². The summed E-state index contributed by atoms with van der Waals surface area (Å²) in [7, 11) is 0. The van der Waals surface area contributed by atoms with Crippen LogP contribution in [0.3, 0.4) is 0 Å². The maximum absolute atomic E-state index is 12.4. The molecule has 0 spiro atoms. The third kappa shape index (κ3) is 2.40. The maximum atomic E-state index is 12.4. The van der Waals surface area contributed by atoms with Crippen LogP contribution in [0.5, 0.6) is 0 Å². The number of rotatable bonds is 0. The number of aryl methyl sites for hydroxylation is 1. The first-order valence-corrected chi connectivity index (χ1v) is 4.08. The molecule has 0 aliphatic heterocycles. The molecule has 0 amide bonds. The molecule has 90 valence electrons. The van der Waals surface area contributed by atoms with Crippen molar-refractivity contribution >= 4 is 5.69 Å². The van der Waals surface area contributed by atoms with Crippen LogP contribution in [-0.2, 0) is 12.4 Å². The summed E-state index contributed by atoms with van der Waals surface area (Å²) >= 11 is 0. The molecule has 1 nitrogen and oxygen atoms in total. The van der Waals surface area contributed by atoms with E-state index in [-0.39, 0.29) is 6.07 Å². The van der Waals surface area contributed by atoms with Crippen molar-refractivity contribution in [2.45, 2.75) is 19.3 Å². The van der Waals surface area contributed by atoms with Crippen LogP contribution in [0.4, 0.5) is 32.0 Å². The van der Waals surface area contributed by atoms with Crippen molar-refractivity contribution in [3.8, 4) is 0 Å².